The fourth-order valence-electron chi connectivity index (χ4n) is 3.37. The second-order valence-corrected chi connectivity index (χ2v) is 7.78. The van der Waals surface area contributed by atoms with Crippen molar-refractivity contribution in [1.82, 2.24) is 14.7 Å². The first kappa shape index (κ1) is 22.3. The molecular weight excluding hydrogens is 454 g/mol. The highest BCUT2D eigenvalue weighted by Gasteiger charge is 2.20. The molecule has 0 radical (unpaired) electrons. The van der Waals surface area contributed by atoms with Crippen LogP contribution in [-0.4, -0.2) is 20.6 Å². The third-order valence-corrected chi connectivity index (χ3v) is 5.17. The standard InChI is InChI=1S/C23H17ClF2N4O3/c1-12-8-13(2)30(11-19(31)27-16-6-7-17(25)18(26)10-16)23(32)20(12)22-28-21(29-33-22)14-4-3-5-15(24)9-14/h3-10H,11H2,1-2H3,(H,27,31). The van der Waals surface area contributed by atoms with Crippen molar-refractivity contribution in [1.29, 1.82) is 0 Å². The van der Waals surface area contributed by atoms with Crippen LogP contribution in [0.4, 0.5) is 14.5 Å². The zero-order valence-corrected chi connectivity index (χ0v) is 18.3. The third-order valence-electron chi connectivity index (χ3n) is 4.93. The molecule has 4 rings (SSSR count). The van der Waals surface area contributed by atoms with Crippen LogP contribution in [0.3, 0.4) is 0 Å². The van der Waals surface area contributed by atoms with Crippen molar-refractivity contribution in [3.63, 3.8) is 0 Å². The van der Waals surface area contributed by atoms with Gasteiger partial charge in [-0.15, -0.1) is 0 Å². The Hall–Kier alpha value is -3.85. The second-order valence-electron chi connectivity index (χ2n) is 7.35. The van der Waals surface area contributed by atoms with E-state index < -0.39 is 23.1 Å². The predicted molar refractivity (Wildman–Crippen MR) is 119 cm³/mol. The Morgan fingerprint density at radius 3 is 2.64 bits per heavy atom. The van der Waals surface area contributed by atoms with E-state index in [4.69, 9.17) is 16.1 Å². The van der Waals surface area contributed by atoms with Crippen molar-refractivity contribution in [2.75, 3.05) is 5.32 Å². The summed E-state index contributed by atoms with van der Waals surface area (Å²) >= 11 is 6.01. The highest BCUT2D eigenvalue weighted by Crippen LogP contribution is 2.24. The summed E-state index contributed by atoms with van der Waals surface area (Å²) in [6, 6.07) is 11.6. The summed E-state index contributed by atoms with van der Waals surface area (Å²) in [7, 11) is 0. The van der Waals surface area contributed by atoms with Gasteiger partial charge in [-0.05, 0) is 49.7 Å². The number of aryl methyl sites for hydroxylation is 2. The Labute approximate surface area is 191 Å². The lowest BCUT2D eigenvalue weighted by atomic mass is 10.1. The van der Waals surface area contributed by atoms with Gasteiger partial charge in [0.2, 0.25) is 11.7 Å². The minimum Gasteiger partial charge on any atom is -0.333 e. The minimum atomic E-state index is -1.09. The van der Waals surface area contributed by atoms with Crippen molar-refractivity contribution in [2.24, 2.45) is 0 Å². The van der Waals surface area contributed by atoms with Gasteiger partial charge in [0.05, 0.1) is 0 Å². The molecule has 0 aliphatic rings. The van der Waals surface area contributed by atoms with Gasteiger partial charge in [0.1, 0.15) is 12.1 Å². The van der Waals surface area contributed by atoms with Crippen LogP contribution in [0.5, 0.6) is 0 Å². The molecule has 4 aromatic rings. The Morgan fingerprint density at radius 1 is 1.12 bits per heavy atom. The molecule has 1 amide bonds. The number of benzene rings is 2. The molecule has 0 bridgehead atoms. The molecule has 0 atom stereocenters. The van der Waals surface area contributed by atoms with E-state index in [1.54, 1.807) is 44.2 Å². The van der Waals surface area contributed by atoms with E-state index in [2.05, 4.69) is 15.5 Å². The molecule has 0 fully saturated rings. The average Bonchev–Trinajstić information content (AvgIpc) is 3.23. The molecule has 2 aromatic heterocycles. The summed E-state index contributed by atoms with van der Waals surface area (Å²) < 4.78 is 33.1. The van der Waals surface area contributed by atoms with Gasteiger partial charge in [-0.1, -0.05) is 28.9 Å². The van der Waals surface area contributed by atoms with Gasteiger partial charge in [0.15, 0.2) is 11.6 Å². The summed E-state index contributed by atoms with van der Waals surface area (Å²) in [6.07, 6.45) is 0. The van der Waals surface area contributed by atoms with Crippen LogP contribution >= 0.6 is 11.6 Å². The topological polar surface area (TPSA) is 90.0 Å². The lowest BCUT2D eigenvalue weighted by Gasteiger charge is -2.13. The van der Waals surface area contributed by atoms with Crippen molar-refractivity contribution >= 4 is 23.2 Å². The molecule has 0 spiro atoms. The molecule has 0 saturated carbocycles. The summed E-state index contributed by atoms with van der Waals surface area (Å²) in [5.74, 6) is -2.45. The quantitative estimate of drug-likeness (QED) is 0.454. The number of amides is 1. The highest BCUT2D eigenvalue weighted by molar-refractivity contribution is 6.30. The molecule has 0 saturated heterocycles. The van der Waals surface area contributed by atoms with E-state index in [0.29, 0.717) is 21.8 Å². The molecule has 168 valence electrons. The number of pyridine rings is 1. The van der Waals surface area contributed by atoms with Crippen molar-refractivity contribution in [3.05, 3.63) is 86.8 Å². The molecular formula is C23H17ClF2N4O3. The zero-order chi connectivity index (χ0) is 23.7. The molecule has 0 unspecified atom stereocenters. The Kier molecular flexibility index (Phi) is 6.06. The van der Waals surface area contributed by atoms with Gasteiger partial charge >= 0.3 is 0 Å². The van der Waals surface area contributed by atoms with Crippen molar-refractivity contribution in [2.45, 2.75) is 20.4 Å². The van der Waals surface area contributed by atoms with Gasteiger partial charge in [0.25, 0.3) is 11.4 Å². The van der Waals surface area contributed by atoms with E-state index in [1.807, 2.05) is 0 Å². The third kappa shape index (κ3) is 4.68. The van der Waals surface area contributed by atoms with E-state index >= 15 is 0 Å². The fourth-order valence-corrected chi connectivity index (χ4v) is 3.56. The van der Waals surface area contributed by atoms with Crippen LogP contribution in [0, 0.1) is 25.5 Å². The summed E-state index contributed by atoms with van der Waals surface area (Å²) in [6.45, 7) is 3.04. The Bertz CT molecular complexity index is 1430. The number of nitrogens with zero attached hydrogens (tertiary/aromatic N) is 3. The van der Waals surface area contributed by atoms with Gasteiger partial charge in [0, 0.05) is 28.0 Å². The minimum absolute atomic E-state index is 0.00207. The average molecular weight is 471 g/mol. The number of carbonyl (C=O) groups is 1. The number of halogens is 3. The maximum Gasteiger partial charge on any atom is 0.264 e. The lowest BCUT2D eigenvalue weighted by Crippen LogP contribution is -2.30. The van der Waals surface area contributed by atoms with Crippen molar-refractivity contribution < 1.29 is 18.1 Å². The lowest BCUT2D eigenvalue weighted by molar-refractivity contribution is -0.116. The highest BCUT2D eigenvalue weighted by atomic mass is 35.5. The SMILES string of the molecule is Cc1cc(C)n(CC(=O)Nc2ccc(F)c(F)c2)c(=O)c1-c1nc(-c2cccc(Cl)c2)no1. The fraction of sp³-hybridized carbons (Fsp3) is 0.130. The number of rotatable bonds is 5. The van der Waals surface area contributed by atoms with Crippen LogP contribution in [0.2, 0.25) is 5.02 Å². The molecule has 7 nitrogen and oxygen atoms in total. The monoisotopic (exact) mass is 470 g/mol. The molecule has 2 aromatic carbocycles. The van der Waals surface area contributed by atoms with E-state index in [1.165, 1.54) is 10.6 Å². The Morgan fingerprint density at radius 2 is 1.91 bits per heavy atom. The zero-order valence-electron chi connectivity index (χ0n) is 17.5. The maximum atomic E-state index is 13.4. The van der Waals surface area contributed by atoms with Crippen LogP contribution in [0.25, 0.3) is 22.8 Å². The van der Waals surface area contributed by atoms with E-state index in [0.717, 1.165) is 12.1 Å². The van der Waals surface area contributed by atoms with Gasteiger partial charge in [-0.3, -0.25) is 9.59 Å². The number of aromatic nitrogens is 3. The van der Waals surface area contributed by atoms with E-state index in [9.17, 15) is 18.4 Å². The van der Waals surface area contributed by atoms with E-state index in [-0.39, 0.29) is 29.5 Å². The first-order valence-corrected chi connectivity index (χ1v) is 10.2. The van der Waals surface area contributed by atoms with Gasteiger partial charge < -0.3 is 14.4 Å². The molecule has 0 aliphatic heterocycles. The van der Waals surface area contributed by atoms with Gasteiger partial charge in [-0.25, -0.2) is 8.78 Å². The number of nitrogens with one attached hydrogen (secondary N) is 1. The second kappa shape index (κ2) is 8.95. The molecule has 2 heterocycles. The normalized spacial score (nSPS) is 10.9. The molecule has 0 aliphatic carbocycles. The number of carbonyl (C=O) groups excluding carboxylic acids is 1. The number of anilines is 1. The van der Waals surface area contributed by atoms with Crippen molar-refractivity contribution in [3.8, 4) is 22.8 Å². The maximum absolute atomic E-state index is 13.4. The first-order chi connectivity index (χ1) is 15.7. The molecule has 33 heavy (non-hydrogen) atoms. The van der Waals surface area contributed by atoms with Crippen LogP contribution in [0.1, 0.15) is 11.3 Å². The summed E-state index contributed by atoms with van der Waals surface area (Å²) in [4.78, 5) is 30.0. The largest absolute Gasteiger partial charge is 0.333 e. The molecule has 10 heteroatoms. The number of hydrogen-bond acceptors (Lipinski definition) is 5. The predicted octanol–water partition coefficient (Wildman–Crippen LogP) is 4.75. The van der Waals surface area contributed by atoms with Gasteiger partial charge in [-0.2, -0.15) is 4.98 Å². The Balaban J connectivity index is 1.64. The smallest absolute Gasteiger partial charge is 0.264 e. The van der Waals surface area contributed by atoms with Crippen LogP contribution < -0.4 is 10.9 Å². The number of hydrogen-bond donors (Lipinski definition) is 1. The van der Waals surface area contributed by atoms with Crippen LogP contribution in [-0.2, 0) is 11.3 Å². The summed E-state index contributed by atoms with van der Waals surface area (Å²) in [5, 5.41) is 6.88. The summed E-state index contributed by atoms with van der Waals surface area (Å²) in [5.41, 5.74) is 1.46. The first-order valence-electron chi connectivity index (χ1n) is 9.79. The van der Waals surface area contributed by atoms with Crippen LogP contribution in [0.15, 0.2) is 57.8 Å². The molecule has 1 N–H and O–H groups in total.